The number of hydrogen-bond acceptors (Lipinski definition) is 4. The van der Waals surface area contributed by atoms with Gasteiger partial charge in [-0.3, -0.25) is 0 Å². The molecule has 0 aliphatic carbocycles. The molecule has 0 aliphatic rings. The Morgan fingerprint density at radius 2 is 1.62 bits per heavy atom. The maximum Gasteiger partial charge on any atom is 0.135 e. The van der Waals surface area contributed by atoms with Gasteiger partial charge in [0.2, 0.25) is 0 Å². The number of rotatable bonds is 8. The lowest BCUT2D eigenvalue weighted by atomic mass is 10.1. The Kier molecular flexibility index (Phi) is 6.93. The van der Waals surface area contributed by atoms with Crippen molar-refractivity contribution in [2.24, 2.45) is 5.92 Å². The Labute approximate surface area is 130 Å². The lowest BCUT2D eigenvalue weighted by Crippen LogP contribution is -2.20. The van der Waals surface area contributed by atoms with E-state index in [0.717, 1.165) is 42.4 Å². The molecule has 4 heteroatoms. The Bertz CT molecular complexity index is 441. The van der Waals surface area contributed by atoms with E-state index in [9.17, 15) is 0 Å². The number of anilines is 2. The Hall–Kier alpha value is -1.32. The van der Waals surface area contributed by atoms with Gasteiger partial charge in [-0.2, -0.15) is 0 Å². The van der Waals surface area contributed by atoms with Gasteiger partial charge < -0.3 is 10.6 Å². The topological polar surface area (TPSA) is 49.8 Å². The Morgan fingerprint density at radius 3 is 2.14 bits per heavy atom. The summed E-state index contributed by atoms with van der Waals surface area (Å²) in [7, 11) is 0. The normalized spacial score (nSPS) is 12.8. The number of hydrogen-bond donors (Lipinski definition) is 2. The van der Waals surface area contributed by atoms with Gasteiger partial charge in [0, 0.05) is 24.1 Å². The summed E-state index contributed by atoms with van der Waals surface area (Å²) in [6.45, 7) is 16.2. The second-order valence-corrected chi connectivity index (χ2v) is 6.66. The second kappa shape index (κ2) is 8.20. The first-order chi connectivity index (χ1) is 9.85. The molecule has 1 aromatic heterocycles. The third kappa shape index (κ3) is 5.52. The molecule has 0 saturated heterocycles. The van der Waals surface area contributed by atoms with Crippen LogP contribution in [0.25, 0.3) is 0 Å². The summed E-state index contributed by atoms with van der Waals surface area (Å²) in [6, 6.07) is 0.414. The van der Waals surface area contributed by atoms with Gasteiger partial charge >= 0.3 is 0 Å². The van der Waals surface area contributed by atoms with Gasteiger partial charge in [-0.25, -0.2) is 9.97 Å². The Balaban J connectivity index is 3.02. The molecular weight excluding hydrogens is 260 g/mol. The minimum absolute atomic E-state index is 0.328. The molecule has 0 fully saturated rings. The highest BCUT2D eigenvalue weighted by Crippen LogP contribution is 2.24. The molecule has 0 amide bonds. The minimum Gasteiger partial charge on any atom is -0.370 e. The zero-order chi connectivity index (χ0) is 16.0. The van der Waals surface area contributed by atoms with Gasteiger partial charge in [-0.15, -0.1) is 0 Å². The number of nitrogens with one attached hydrogen (secondary N) is 2. The third-order valence-corrected chi connectivity index (χ3v) is 3.43. The van der Waals surface area contributed by atoms with Crippen LogP contribution < -0.4 is 10.6 Å². The fourth-order valence-electron chi connectivity index (χ4n) is 2.35. The zero-order valence-corrected chi connectivity index (χ0v) is 14.7. The van der Waals surface area contributed by atoms with Gasteiger partial charge in [-0.1, -0.05) is 34.6 Å². The predicted octanol–water partition coefficient (Wildman–Crippen LogP) is 4.58. The fourth-order valence-corrected chi connectivity index (χ4v) is 2.35. The van der Waals surface area contributed by atoms with Crippen LogP contribution in [0.2, 0.25) is 0 Å². The van der Waals surface area contributed by atoms with Crippen LogP contribution in [0, 0.1) is 12.8 Å². The molecule has 0 saturated carbocycles. The van der Waals surface area contributed by atoms with E-state index in [1.165, 1.54) is 0 Å². The van der Waals surface area contributed by atoms with Crippen LogP contribution in [0.1, 0.15) is 71.7 Å². The molecular formula is C17H32N4. The fraction of sp³-hybridized carbons (Fsp3) is 0.765. The van der Waals surface area contributed by atoms with Crippen LogP contribution in [0.15, 0.2) is 0 Å². The van der Waals surface area contributed by atoms with Crippen molar-refractivity contribution in [3.63, 3.8) is 0 Å². The summed E-state index contributed by atoms with van der Waals surface area (Å²) < 4.78 is 0. The summed E-state index contributed by atoms with van der Waals surface area (Å²) in [5.74, 6) is 3.85. The highest BCUT2D eigenvalue weighted by atomic mass is 15.1. The Morgan fingerprint density at radius 1 is 1.00 bits per heavy atom. The van der Waals surface area contributed by atoms with Crippen molar-refractivity contribution in [2.45, 2.75) is 73.3 Å². The van der Waals surface area contributed by atoms with E-state index in [2.05, 4.69) is 64.1 Å². The van der Waals surface area contributed by atoms with Crippen molar-refractivity contribution < 1.29 is 0 Å². The standard InChI is InChI=1S/C17H32N4/c1-8-9-18-16-14(7)17(19-13(6)10-11(2)3)21-15(20-16)12(4)5/h11-13H,8-10H2,1-7H3,(H2,18,19,20,21). The monoisotopic (exact) mass is 292 g/mol. The second-order valence-electron chi connectivity index (χ2n) is 6.66. The molecule has 1 heterocycles. The van der Waals surface area contributed by atoms with Crippen LogP contribution >= 0.6 is 0 Å². The first-order valence-electron chi connectivity index (χ1n) is 8.24. The van der Waals surface area contributed by atoms with Gasteiger partial charge in [-0.05, 0) is 32.6 Å². The van der Waals surface area contributed by atoms with Crippen molar-refractivity contribution in [3.8, 4) is 0 Å². The molecule has 0 aliphatic heterocycles. The molecule has 0 spiro atoms. The zero-order valence-electron chi connectivity index (χ0n) is 14.7. The van der Waals surface area contributed by atoms with E-state index in [-0.39, 0.29) is 0 Å². The first-order valence-corrected chi connectivity index (χ1v) is 8.24. The van der Waals surface area contributed by atoms with Crippen molar-refractivity contribution in [1.82, 2.24) is 9.97 Å². The molecule has 0 aromatic carbocycles. The number of nitrogens with zero attached hydrogens (tertiary/aromatic N) is 2. The van der Waals surface area contributed by atoms with Crippen molar-refractivity contribution in [1.29, 1.82) is 0 Å². The quantitative estimate of drug-likeness (QED) is 0.736. The van der Waals surface area contributed by atoms with Crippen LogP contribution in [0.3, 0.4) is 0 Å². The predicted molar refractivity (Wildman–Crippen MR) is 92.2 cm³/mol. The molecule has 0 bridgehead atoms. The van der Waals surface area contributed by atoms with Crippen LogP contribution in [0.4, 0.5) is 11.6 Å². The smallest absolute Gasteiger partial charge is 0.135 e. The average Bonchev–Trinajstić information content (AvgIpc) is 2.38. The summed E-state index contributed by atoms with van der Waals surface area (Å²) >= 11 is 0. The summed E-state index contributed by atoms with van der Waals surface area (Å²) in [5.41, 5.74) is 1.11. The summed E-state index contributed by atoms with van der Waals surface area (Å²) in [4.78, 5) is 9.40. The van der Waals surface area contributed by atoms with Crippen molar-refractivity contribution >= 4 is 11.6 Å². The lowest BCUT2D eigenvalue weighted by Gasteiger charge is -2.21. The summed E-state index contributed by atoms with van der Waals surface area (Å²) in [5, 5.41) is 6.98. The largest absolute Gasteiger partial charge is 0.370 e. The van der Waals surface area contributed by atoms with Gasteiger partial charge in [0.15, 0.2) is 0 Å². The molecule has 1 atom stereocenters. The van der Waals surface area contributed by atoms with E-state index in [1.807, 2.05) is 0 Å². The van der Waals surface area contributed by atoms with Crippen LogP contribution in [0.5, 0.6) is 0 Å². The van der Waals surface area contributed by atoms with Gasteiger partial charge in [0.1, 0.15) is 17.5 Å². The maximum atomic E-state index is 4.73. The van der Waals surface area contributed by atoms with E-state index >= 15 is 0 Å². The highest BCUT2D eigenvalue weighted by Gasteiger charge is 2.15. The molecule has 1 rings (SSSR count). The molecule has 1 aromatic rings. The van der Waals surface area contributed by atoms with E-state index in [1.54, 1.807) is 0 Å². The summed E-state index contributed by atoms with van der Waals surface area (Å²) in [6.07, 6.45) is 2.23. The van der Waals surface area contributed by atoms with Gasteiger partial charge in [0.25, 0.3) is 0 Å². The maximum absolute atomic E-state index is 4.73. The van der Waals surface area contributed by atoms with E-state index in [4.69, 9.17) is 4.98 Å². The number of aromatic nitrogens is 2. The molecule has 4 nitrogen and oxygen atoms in total. The van der Waals surface area contributed by atoms with Crippen molar-refractivity contribution in [2.75, 3.05) is 17.2 Å². The lowest BCUT2D eigenvalue weighted by molar-refractivity contribution is 0.538. The van der Waals surface area contributed by atoms with Gasteiger partial charge in [0.05, 0.1) is 0 Å². The average molecular weight is 292 g/mol. The molecule has 21 heavy (non-hydrogen) atoms. The minimum atomic E-state index is 0.328. The van der Waals surface area contributed by atoms with E-state index in [0.29, 0.717) is 17.9 Å². The SMILES string of the molecule is CCCNc1nc(C(C)C)nc(NC(C)CC(C)C)c1C. The van der Waals surface area contributed by atoms with Crippen LogP contribution in [-0.2, 0) is 0 Å². The van der Waals surface area contributed by atoms with E-state index < -0.39 is 0 Å². The molecule has 120 valence electrons. The van der Waals surface area contributed by atoms with Crippen LogP contribution in [-0.4, -0.2) is 22.6 Å². The molecule has 0 radical (unpaired) electrons. The first kappa shape index (κ1) is 17.7. The third-order valence-electron chi connectivity index (χ3n) is 3.43. The molecule has 1 unspecified atom stereocenters. The molecule has 2 N–H and O–H groups in total. The highest BCUT2D eigenvalue weighted by molar-refractivity contribution is 5.57. The van der Waals surface area contributed by atoms with Crippen molar-refractivity contribution in [3.05, 3.63) is 11.4 Å².